The van der Waals surface area contributed by atoms with Crippen molar-refractivity contribution in [3.63, 3.8) is 0 Å². The molecule has 2 aliphatic rings. The number of fused-ring (bicyclic) bond motifs is 3. The number of nitrogens with zero attached hydrogens (tertiary/aromatic N) is 3. The van der Waals surface area contributed by atoms with Gasteiger partial charge in [0.15, 0.2) is 0 Å². The Bertz CT molecular complexity index is 1070. The summed E-state index contributed by atoms with van der Waals surface area (Å²) in [4.78, 5) is 23.0. The molecule has 2 aromatic carbocycles. The molecule has 7 heteroatoms. The van der Waals surface area contributed by atoms with E-state index in [0.717, 1.165) is 54.8 Å². The maximum absolute atomic E-state index is 13.1. The van der Waals surface area contributed by atoms with Gasteiger partial charge in [0.25, 0.3) is 0 Å². The van der Waals surface area contributed by atoms with E-state index in [2.05, 4.69) is 42.8 Å². The number of carbonyl (C=O) groups is 1. The summed E-state index contributed by atoms with van der Waals surface area (Å²) in [6.45, 7) is 5.25. The summed E-state index contributed by atoms with van der Waals surface area (Å²) < 4.78 is 14.2. The summed E-state index contributed by atoms with van der Waals surface area (Å²) in [7, 11) is 0. The van der Waals surface area contributed by atoms with Crippen molar-refractivity contribution in [1.29, 1.82) is 0 Å². The molecule has 5 nitrogen and oxygen atoms in total. The second-order valence-electron chi connectivity index (χ2n) is 8.08. The highest BCUT2D eigenvalue weighted by Crippen LogP contribution is 2.30. The average molecular weight is 471 g/mol. The van der Waals surface area contributed by atoms with Crippen LogP contribution in [0.2, 0.25) is 0 Å². The third-order valence-electron chi connectivity index (χ3n) is 6.21. The van der Waals surface area contributed by atoms with Crippen LogP contribution in [-0.2, 0) is 17.8 Å². The van der Waals surface area contributed by atoms with Crippen molar-refractivity contribution >= 4 is 38.4 Å². The van der Waals surface area contributed by atoms with Crippen LogP contribution in [0.15, 0.2) is 46.9 Å². The number of aromatic amines is 1. The molecule has 3 aromatic rings. The molecule has 2 aliphatic heterocycles. The van der Waals surface area contributed by atoms with E-state index in [4.69, 9.17) is 0 Å². The van der Waals surface area contributed by atoms with Crippen molar-refractivity contribution in [2.75, 3.05) is 44.2 Å². The van der Waals surface area contributed by atoms with E-state index < -0.39 is 0 Å². The SMILES string of the molecule is O=C(CN1CCN(c2ccc(F)cc2)CC1)N1CCc2[nH]c3ccc(Br)cc3c2C1. The minimum atomic E-state index is -0.213. The molecule has 5 rings (SSSR count). The van der Waals surface area contributed by atoms with Gasteiger partial charge in [-0.3, -0.25) is 9.69 Å². The maximum atomic E-state index is 13.1. The monoisotopic (exact) mass is 470 g/mol. The summed E-state index contributed by atoms with van der Waals surface area (Å²) in [6.07, 6.45) is 0.867. The molecule has 1 saturated heterocycles. The van der Waals surface area contributed by atoms with Crippen LogP contribution in [0.1, 0.15) is 11.3 Å². The van der Waals surface area contributed by atoms with Crippen molar-refractivity contribution in [3.05, 3.63) is 64.0 Å². The van der Waals surface area contributed by atoms with Crippen LogP contribution in [0, 0.1) is 5.82 Å². The second-order valence-corrected chi connectivity index (χ2v) is 8.99. The first-order valence-electron chi connectivity index (χ1n) is 10.4. The largest absolute Gasteiger partial charge is 0.369 e. The Morgan fingerprint density at radius 3 is 2.57 bits per heavy atom. The van der Waals surface area contributed by atoms with Crippen molar-refractivity contribution in [3.8, 4) is 0 Å². The fraction of sp³-hybridized carbons (Fsp3) is 0.348. The van der Waals surface area contributed by atoms with Gasteiger partial charge in [0, 0.05) is 78.0 Å². The molecule has 30 heavy (non-hydrogen) atoms. The number of hydrogen-bond acceptors (Lipinski definition) is 3. The molecule has 0 radical (unpaired) electrons. The van der Waals surface area contributed by atoms with E-state index in [0.29, 0.717) is 13.1 Å². The maximum Gasteiger partial charge on any atom is 0.237 e. The molecule has 0 unspecified atom stereocenters. The fourth-order valence-electron chi connectivity index (χ4n) is 4.51. The highest BCUT2D eigenvalue weighted by atomic mass is 79.9. The zero-order valence-corrected chi connectivity index (χ0v) is 18.3. The minimum absolute atomic E-state index is 0.195. The molecule has 0 spiro atoms. The molecule has 156 valence electrons. The minimum Gasteiger partial charge on any atom is -0.369 e. The molecule has 1 aromatic heterocycles. The van der Waals surface area contributed by atoms with E-state index in [-0.39, 0.29) is 11.7 Å². The molecule has 0 atom stereocenters. The highest BCUT2D eigenvalue weighted by Gasteiger charge is 2.26. The Morgan fingerprint density at radius 1 is 1.03 bits per heavy atom. The Kier molecular flexibility index (Phi) is 5.25. The molecular formula is C23H24BrFN4O. The van der Waals surface area contributed by atoms with Gasteiger partial charge in [-0.25, -0.2) is 4.39 Å². The van der Waals surface area contributed by atoms with Gasteiger partial charge in [-0.05, 0) is 42.5 Å². The van der Waals surface area contributed by atoms with Gasteiger partial charge < -0.3 is 14.8 Å². The lowest BCUT2D eigenvalue weighted by Gasteiger charge is -2.37. The van der Waals surface area contributed by atoms with Crippen LogP contribution in [0.5, 0.6) is 0 Å². The van der Waals surface area contributed by atoms with Gasteiger partial charge in [-0.15, -0.1) is 0 Å². The van der Waals surface area contributed by atoms with Gasteiger partial charge in [0.1, 0.15) is 5.82 Å². The summed E-state index contributed by atoms with van der Waals surface area (Å²) >= 11 is 3.56. The third-order valence-corrected chi connectivity index (χ3v) is 6.71. The molecule has 3 heterocycles. The number of carbonyl (C=O) groups excluding carboxylic acids is 1. The smallest absolute Gasteiger partial charge is 0.237 e. The van der Waals surface area contributed by atoms with E-state index in [1.54, 1.807) is 0 Å². The molecule has 0 saturated carbocycles. The number of halogens is 2. The molecule has 1 fully saturated rings. The Labute approximate surface area is 183 Å². The number of nitrogens with one attached hydrogen (secondary N) is 1. The Balaban J connectivity index is 1.20. The zero-order chi connectivity index (χ0) is 20.7. The van der Waals surface area contributed by atoms with Gasteiger partial charge in [-0.2, -0.15) is 0 Å². The molecular weight excluding hydrogens is 447 g/mol. The number of amides is 1. The number of H-pyrrole nitrogens is 1. The Hall–Kier alpha value is -2.38. The van der Waals surface area contributed by atoms with Crippen molar-refractivity contribution < 1.29 is 9.18 Å². The van der Waals surface area contributed by atoms with Crippen molar-refractivity contribution in [1.82, 2.24) is 14.8 Å². The summed E-state index contributed by atoms with van der Waals surface area (Å²) in [5, 5.41) is 1.20. The number of piperazine rings is 1. The highest BCUT2D eigenvalue weighted by molar-refractivity contribution is 9.10. The fourth-order valence-corrected chi connectivity index (χ4v) is 4.87. The van der Waals surface area contributed by atoms with Crippen LogP contribution < -0.4 is 4.90 Å². The van der Waals surface area contributed by atoms with Crippen LogP contribution in [0.25, 0.3) is 10.9 Å². The van der Waals surface area contributed by atoms with Gasteiger partial charge in [0.05, 0.1) is 6.54 Å². The van der Waals surface area contributed by atoms with Crippen LogP contribution >= 0.6 is 15.9 Å². The lowest BCUT2D eigenvalue weighted by Crippen LogP contribution is -2.50. The number of anilines is 1. The molecule has 0 aliphatic carbocycles. The van der Waals surface area contributed by atoms with Crippen LogP contribution in [-0.4, -0.2) is 60.0 Å². The van der Waals surface area contributed by atoms with Crippen molar-refractivity contribution in [2.24, 2.45) is 0 Å². The summed E-state index contributed by atoms with van der Waals surface area (Å²) in [6, 6.07) is 12.9. The van der Waals surface area contributed by atoms with E-state index in [1.807, 2.05) is 23.1 Å². The molecule has 0 bridgehead atoms. The summed E-state index contributed by atoms with van der Waals surface area (Å²) in [5.74, 6) is -0.0181. The van der Waals surface area contributed by atoms with Crippen LogP contribution in [0.3, 0.4) is 0 Å². The zero-order valence-electron chi connectivity index (χ0n) is 16.7. The predicted molar refractivity (Wildman–Crippen MR) is 120 cm³/mol. The van der Waals surface area contributed by atoms with E-state index in [9.17, 15) is 9.18 Å². The number of aromatic nitrogens is 1. The van der Waals surface area contributed by atoms with E-state index >= 15 is 0 Å². The van der Waals surface area contributed by atoms with Gasteiger partial charge >= 0.3 is 0 Å². The van der Waals surface area contributed by atoms with E-state index in [1.165, 1.54) is 28.8 Å². The first kappa shape index (κ1) is 19.6. The number of benzene rings is 2. The van der Waals surface area contributed by atoms with Crippen molar-refractivity contribution in [2.45, 2.75) is 13.0 Å². The topological polar surface area (TPSA) is 42.6 Å². The van der Waals surface area contributed by atoms with Gasteiger partial charge in [0.2, 0.25) is 5.91 Å². The van der Waals surface area contributed by atoms with Crippen LogP contribution in [0.4, 0.5) is 10.1 Å². The third kappa shape index (κ3) is 3.84. The lowest BCUT2D eigenvalue weighted by atomic mass is 10.0. The quantitative estimate of drug-likeness (QED) is 0.633. The van der Waals surface area contributed by atoms with Gasteiger partial charge in [-0.1, -0.05) is 15.9 Å². The standard InChI is InChI=1S/C23H24BrFN4O/c24-16-1-6-21-19(13-16)20-14-29(8-7-22(20)26-21)23(30)15-27-9-11-28(12-10-27)18-4-2-17(25)3-5-18/h1-6,13,26H,7-12,14-15H2. The number of hydrogen-bond donors (Lipinski definition) is 1. The first-order chi connectivity index (χ1) is 14.6. The molecule has 1 amide bonds. The number of rotatable bonds is 3. The molecule has 1 N–H and O–H groups in total. The summed E-state index contributed by atoms with van der Waals surface area (Å²) in [5.41, 5.74) is 4.66. The first-order valence-corrected chi connectivity index (χ1v) is 11.2. The Morgan fingerprint density at radius 2 is 1.80 bits per heavy atom. The normalized spacial score (nSPS) is 17.4. The second kappa shape index (κ2) is 8.04. The lowest BCUT2D eigenvalue weighted by molar-refractivity contribution is -0.133. The predicted octanol–water partition coefficient (Wildman–Crippen LogP) is 3.78. The average Bonchev–Trinajstić information content (AvgIpc) is 3.12.